The van der Waals surface area contributed by atoms with Gasteiger partial charge in [-0.25, -0.2) is 9.59 Å². The maximum absolute atomic E-state index is 12.0. The highest BCUT2D eigenvalue weighted by molar-refractivity contribution is 5.83. The van der Waals surface area contributed by atoms with E-state index in [9.17, 15) is 9.59 Å². The molecule has 0 bridgehead atoms. The van der Waals surface area contributed by atoms with Crippen molar-refractivity contribution < 1.29 is 19.1 Å². The quantitative estimate of drug-likeness (QED) is 0.332. The summed E-state index contributed by atoms with van der Waals surface area (Å²) in [5, 5.41) is 9.68. The van der Waals surface area contributed by atoms with Crippen LogP contribution in [0.5, 0.6) is 5.75 Å². The number of rotatable bonds is 5. The van der Waals surface area contributed by atoms with Gasteiger partial charge >= 0.3 is 12.1 Å². The summed E-state index contributed by atoms with van der Waals surface area (Å²) >= 11 is 0. The Morgan fingerprint density at radius 2 is 2.00 bits per heavy atom. The van der Waals surface area contributed by atoms with Crippen molar-refractivity contribution in [3.8, 4) is 5.75 Å². The van der Waals surface area contributed by atoms with Gasteiger partial charge < -0.3 is 20.5 Å². The second kappa shape index (κ2) is 7.62. The highest BCUT2D eigenvalue weighted by atomic mass is 16.6. The summed E-state index contributed by atoms with van der Waals surface area (Å²) in [4.78, 5) is 23.6. The first-order valence-corrected chi connectivity index (χ1v) is 7.20. The van der Waals surface area contributed by atoms with E-state index in [1.807, 2.05) is 0 Å². The van der Waals surface area contributed by atoms with Crippen LogP contribution >= 0.6 is 0 Å². The molecule has 0 spiro atoms. The van der Waals surface area contributed by atoms with E-state index in [1.165, 1.54) is 6.92 Å². The van der Waals surface area contributed by atoms with Crippen LogP contribution in [-0.4, -0.2) is 29.5 Å². The van der Waals surface area contributed by atoms with Crippen molar-refractivity contribution in [3.05, 3.63) is 29.8 Å². The van der Waals surface area contributed by atoms with Gasteiger partial charge in [0.25, 0.3) is 0 Å². The summed E-state index contributed by atoms with van der Waals surface area (Å²) in [5.41, 5.74) is 5.46. The van der Waals surface area contributed by atoms with Gasteiger partial charge in [0.15, 0.2) is 0 Å². The molecule has 126 valence electrons. The lowest BCUT2D eigenvalue weighted by Gasteiger charge is -2.21. The van der Waals surface area contributed by atoms with Crippen molar-refractivity contribution in [1.29, 1.82) is 5.41 Å². The molecule has 1 aromatic rings. The summed E-state index contributed by atoms with van der Waals surface area (Å²) < 4.78 is 10.3. The fraction of sp³-hybridized carbons (Fsp3) is 0.438. The van der Waals surface area contributed by atoms with E-state index in [2.05, 4.69) is 5.32 Å². The Kier molecular flexibility index (Phi) is 6.12. The van der Waals surface area contributed by atoms with Gasteiger partial charge in [0.2, 0.25) is 0 Å². The number of esters is 1. The number of ether oxygens (including phenoxy) is 2. The third kappa shape index (κ3) is 7.30. The minimum atomic E-state index is -0.860. The minimum absolute atomic E-state index is 0.0217. The average Bonchev–Trinajstić information content (AvgIpc) is 2.35. The van der Waals surface area contributed by atoms with Crippen LogP contribution < -0.4 is 15.8 Å². The first-order chi connectivity index (χ1) is 10.6. The minimum Gasteiger partial charge on any atom is -0.444 e. The van der Waals surface area contributed by atoms with Crippen molar-refractivity contribution in [2.75, 3.05) is 0 Å². The normalized spacial score (nSPS) is 12.2. The monoisotopic (exact) mass is 321 g/mol. The maximum atomic E-state index is 12.0. The standard InChI is InChI=1S/C16H23N3O4/c1-10(19-15(21)23-16(2,3)4)14(20)22-12-7-5-6-11(8-12)9-13(17)18/h5-8,10H,9H2,1-4H3,(H3,17,18)(H,19,21)/t10-/m0/s1. The number of nitrogens with two attached hydrogens (primary N) is 1. The molecule has 0 fully saturated rings. The Hall–Kier alpha value is -2.57. The SMILES string of the molecule is C[C@H](NC(=O)OC(C)(C)C)C(=O)Oc1cccc(CC(=N)N)c1. The second-order valence-electron chi connectivity index (χ2n) is 6.14. The number of alkyl carbamates (subject to hydrolysis) is 1. The van der Waals surface area contributed by atoms with Gasteiger partial charge in [-0.3, -0.25) is 5.41 Å². The molecule has 1 rings (SSSR count). The molecule has 1 aromatic carbocycles. The van der Waals surface area contributed by atoms with Gasteiger partial charge in [0.1, 0.15) is 17.4 Å². The molecule has 0 heterocycles. The lowest BCUT2D eigenvalue weighted by Crippen LogP contribution is -2.43. The Morgan fingerprint density at radius 1 is 1.35 bits per heavy atom. The molecule has 4 N–H and O–H groups in total. The van der Waals surface area contributed by atoms with Gasteiger partial charge in [-0.1, -0.05) is 12.1 Å². The van der Waals surface area contributed by atoms with Crippen LogP contribution in [0.1, 0.15) is 33.3 Å². The molecule has 7 nitrogen and oxygen atoms in total. The van der Waals surface area contributed by atoms with Crippen molar-refractivity contribution in [1.82, 2.24) is 5.32 Å². The Balaban J connectivity index is 2.61. The third-order valence-electron chi connectivity index (χ3n) is 2.60. The molecular weight excluding hydrogens is 298 g/mol. The third-order valence-corrected chi connectivity index (χ3v) is 2.60. The largest absolute Gasteiger partial charge is 0.444 e. The van der Waals surface area contributed by atoms with Crippen molar-refractivity contribution in [2.45, 2.75) is 45.8 Å². The summed E-state index contributed by atoms with van der Waals surface area (Å²) in [6.07, 6.45) is -0.413. The molecule has 0 aliphatic heterocycles. The molecule has 7 heteroatoms. The number of nitrogens with one attached hydrogen (secondary N) is 2. The van der Waals surface area contributed by atoms with Gasteiger partial charge in [-0.2, -0.15) is 0 Å². The van der Waals surface area contributed by atoms with E-state index < -0.39 is 23.7 Å². The maximum Gasteiger partial charge on any atom is 0.408 e. The van der Waals surface area contributed by atoms with Gasteiger partial charge in [-0.15, -0.1) is 0 Å². The van der Waals surface area contributed by atoms with E-state index in [-0.39, 0.29) is 12.3 Å². The Morgan fingerprint density at radius 3 is 2.57 bits per heavy atom. The van der Waals surface area contributed by atoms with Crippen LogP contribution in [0, 0.1) is 5.41 Å². The average molecular weight is 321 g/mol. The number of carbonyl (C=O) groups is 2. The number of benzene rings is 1. The first kappa shape index (κ1) is 18.5. The zero-order valence-electron chi connectivity index (χ0n) is 13.8. The Labute approximate surface area is 135 Å². The van der Waals surface area contributed by atoms with Crippen LogP contribution in [-0.2, 0) is 16.0 Å². The molecule has 23 heavy (non-hydrogen) atoms. The molecule has 0 saturated heterocycles. The summed E-state index contributed by atoms with van der Waals surface area (Å²) in [7, 11) is 0. The van der Waals surface area contributed by atoms with E-state index in [0.29, 0.717) is 5.75 Å². The number of hydrogen-bond donors (Lipinski definition) is 3. The van der Waals surface area contributed by atoms with Crippen LogP contribution in [0.4, 0.5) is 4.79 Å². The molecule has 0 aliphatic carbocycles. The van der Waals surface area contributed by atoms with Crippen molar-refractivity contribution in [3.63, 3.8) is 0 Å². The first-order valence-electron chi connectivity index (χ1n) is 7.20. The predicted octanol–water partition coefficient (Wildman–Crippen LogP) is 1.98. The van der Waals surface area contributed by atoms with Crippen LogP contribution in [0.25, 0.3) is 0 Å². The molecule has 0 saturated carbocycles. The summed E-state index contributed by atoms with van der Waals surface area (Å²) in [5.74, 6) is -0.268. The van der Waals surface area contributed by atoms with E-state index in [0.717, 1.165) is 5.56 Å². The summed E-state index contributed by atoms with van der Waals surface area (Å²) in [6.45, 7) is 6.70. The van der Waals surface area contributed by atoms with Crippen LogP contribution in [0.15, 0.2) is 24.3 Å². The van der Waals surface area contributed by atoms with E-state index in [1.54, 1.807) is 45.0 Å². The number of hydrogen-bond acceptors (Lipinski definition) is 5. The smallest absolute Gasteiger partial charge is 0.408 e. The van der Waals surface area contributed by atoms with E-state index >= 15 is 0 Å². The zero-order chi connectivity index (χ0) is 17.6. The lowest BCUT2D eigenvalue weighted by atomic mass is 10.1. The molecule has 0 unspecified atom stereocenters. The molecule has 0 aliphatic rings. The highest BCUT2D eigenvalue weighted by Crippen LogP contribution is 2.14. The topological polar surface area (TPSA) is 114 Å². The van der Waals surface area contributed by atoms with E-state index in [4.69, 9.17) is 20.6 Å². The van der Waals surface area contributed by atoms with Crippen LogP contribution in [0.3, 0.4) is 0 Å². The number of carbonyl (C=O) groups excluding carboxylic acids is 2. The van der Waals surface area contributed by atoms with Gasteiger partial charge in [0, 0.05) is 6.42 Å². The fourth-order valence-electron chi connectivity index (χ4n) is 1.69. The molecule has 0 radical (unpaired) electrons. The molecule has 1 atom stereocenters. The van der Waals surface area contributed by atoms with Crippen LogP contribution in [0.2, 0.25) is 0 Å². The van der Waals surface area contributed by atoms with Crippen molar-refractivity contribution in [2.24, 2.45) is 5.73 Å². The lowest BCUT2D eigenvalue weighted by molar-refractivity contribution is -0.136. The van der Waals surface area contributed by atoms with Gasteiger partial charge in [-0.05, 0) is 45.4 Å². The predicted molar refractivity (Wildman–Crippen MR) is 86.5 cm³/mol. The number of amides is 1. The molecule has 1 amide bonds. The number of amidine groups is 1. The molecular formula is C16H23N3O4. The fourth-order valence-corrected chi connectivity index (χ4v) is 1.69. The van der Waals surface area contributed by atoms with Gasteiger partial charge in [0.05, 0.1) is 5.84 Å². The summed E-state index contributed by atoms with van der Waals surface area (Å²) in [6, 6.07) is 5.86. The Bertz CT molecular complexity index is 593. The second-order valence-corrected chi connectivity index (χ2v) is 6.14. The van der Waals surface area contributed by atoms with Crippen molar-refractivity contribution >= 4 is 17.9 Å². The highest BCUT2D eigenvalue weighted by Gasteiger charge is 2.22. The molecule has 0 aromatic heterocycles. The zero-order valence-corrected chi connectivity index (χ0v) is 13.8.